The molecular weight excluding hydrogens is 434 g/mol. The van der Waals surface area contributed by atoms with Crippen LogP contribution in [0, 0.1) is 0 Å². The third kappa shape index (κ3) is 4.52. The number of anilines is 1. The summed E-state index contributed by atoms with van der Waals surface area (Å²) in [4.78, 5) is 29.0. The van der Waals surface area contributed by atoms with Gasteiger partial charge in [0, 0.05) is 49.0 Å². The second kappa shape index (κ2) is 10.4. The van der Waals surface area contributed by atoms with Gasteiger partial charge in [-0.1, -0.05) is 55.1 Å². The predicted molar refractivity (Wildman–Crippen MR) is 134 cm³/mol. The first kappa shape index (κ1) is 23.4. The molecule has 0 aliphatic carbocycles. The van der Waals surface area contributed by atoms with Crippen molar-refractivity contribution in [2.75, 3.05) is 30.4 Å². The van der Waals surface area contributed by atoms with Crippen LogP contribution in [0.2, 0.25) is 0 Å². The molecule has 0 saturated heterocycles. The van der Waals surface area contributed by atoms with Crippen LogP contribution in [0.5, 0.6) is 0 Å². The first-order valence-corrected chi connectivity index (χ1v) is 12.5. The van der Waals surface area contributed by atoms with E-state index in [0.29, 0.717) is 19.8 Å². The van der Waals surface area contributed by atoms with Gasteiger partial charge in [-0.15, -0.1) is 0 Å². The van der Waals surface area contributed by atoms with Crippen LogP contribution in [0.4, 0.5) is 5.69 Å². The monoisotopic (exact) mass is 465 g/mol. The summed E-state index contributed by atoms with van der Waals surface area (Å²) in [5, 5.41) is 5.05. The minimum absolute atomic E-state index is 0.0596. The number of carbonyl (C=O) groups is 2. The average Bonchev–Trinajstić information content (AvgIpc) is 3.01. The molecule has 174 valence electrons. The minimum atomic E-state index is -0.742. The summed E-state index contributed by atoms with van der Waals surface area (Å²) in [5.41, 5.74) is 3.81. The maximum Gasteiger partial charge on any atom is 0.247 e. The molecule has 1 atom stereocenters. The first-order valence-electron chi connectivity index (χ1n) is 11.5. The summed E-state index contributed by atoms with van der Waals surface area (Å²) < 4.78 is 7.52. The van der Waals surface area contributed by atoms with Gasteiger partial charge in [0.1, 0.15) is 6.04 Å². The van der Waals surface area contributed by atoms with E-state index < -0.39 is 6.04 Å². The molecule has 33 heavy (non-hydrogen) atoms. The van der Waals surface area contributed by atoms with E-state index >= 15 is 0 Å². The second-order valence-corrected chi connectivity index (χ2v) is 9.04. The van der Waals surface area contributed by atoms with Gasteiger partial charge in [-0.3, -0.25) is 14.5 Å². The van der Waals surface area contributed by atoms with Gasteiger partial charge < -0.3 is 14.6 Å². The van der Waals surface area contributed by atoms with Crippen molar-refractivity contribution >= 4 is 40.2 Å². The quantitative estimate of drug-likeness (QED) is 0.499. The highest BCUT2D eigenvalue weighted by Gasteiger charge is 2.40. The molecule has 4 rings (SSSR count). The largest absolute Gasteiger partial charge is 0.382 e. The van der Waals surface area contributed by atoms with E-state index in [9.17, 15) is 9.59 Å². The number of thioether (sulfide) groups is 1. The van der Waals surface area contributed by atoms with Crippen molar-refractivity contribution in [3.63, 3.8) is 0 Å². The number of nitrogens with zero attached hydrogens (tertiary/aromatic N) is 2. The van der Waals surface area contributed by atoms with Gasteiger partial charge in [0.05, 0.1) is 10.8 Å². The summed E-state index contributed by atoms with van der Waals surface area (Å²) in [6, 6.07) is 15.2. The van der Waals surface area contributed by atoms with Crippen LogP contribution < -0.4 is 10.2 Å². The number of carbonyl (C=O) groups excluding carboxylic acids is 2. The number of hydrogen-bond acceptors (Lipinski definition) is 4. The van der Waals surface area contributed by atoms with Crippen LogP contribution >= 0.6 is 11.8 Å². The molecule has 7 heteroatoms. The molecule has 0 fully saturated rings. The summed E-state index contributed by atoms with van der Waals surface area (Å²) in [6.07, 6.45) is 1.50. The molecule has 0 bridgehead atoms. The molecule has 3 aromatic rings. The maximum atomic E-state index is 13.8. The Morgan fingerprint density at radius 1 is 1.15 bits per heavy atom. The Hall–Kier alpha value is -2.77. The number of benzene rings is 2. The highest BCUT2D eigenvalue weighted by atomic mass is 32.2. The molecule has 1 aliphatic heterocycles. The summed E-state index contributed by atoms with van der Waals surface area (Å²) >= 11 is 1.51. The molecule has 1 aromatic heterocycles. The van der Waals surface area contributed by atoms with E-state index in [-0.39, 0.29) is 17.6 Å². The van der Waals surface area contributed by atoms with E-state index in [1.54, 1.807) is 4.90 Å². The SMILES string of the molecule is CCOCCCNC(=O)C1c2c(n(C)c3ccccc23)SCC(=O)N1c1ccccc1CC. The smallest absolute Gasteiger partial charge is 0.247 e. The van der Waals surface area contributed by atoms with E-state index in [0.717, 1.165) is 45.6 Å². The third-order valence-corrected chi connectivity index (χ3v) is 7.23. The molecule has 0 radical (unpaired) electrons. The fourth-order valence-corrected chi connectivity index (χ4v) is 5.57. The fourth-order valence-electron chi connectivity index (χ4n) is 4.50. The zero-order chi connectivity index (χ0) is 23.4. The number of amides is 2. The van der Waals surface area contributed by atoms with Gasteiger partial charge in [-0.2, -0.15) is 0 Å². The van der Waals surface area contributed by atoms with Crippen molar-refractivity contribution in [2.45, 2.75) is 37.8 Å². The number of aryl methyl sites for hydroxylation is 2. The van der Waals surface area contributed by atoms with E-state index in [2.05, 4.69) is 22.9 Å². The number of rotatable bonds is 8. The molecule has 6 nitrogen and oxygen atoms in total. The van der Waals surface area contributed by atoms with Crippen LogP contribution in [0.25, 0.3) is 10.9 Å². The van der Waals surface area contributed by atoms with Gasteiger partial charge in [-0.05, 0) is 37.5 Å². The van der Waals surface area contributed by atoms with Gasteiger partial charge in [0.15, 0.2) is 0 Å². The second-order valence-electron chi connectivity index (χ2n) is 8.07. The van der Waals surface area contributed by atoms with Crippen LogP contribution in [0.1, 0.15) is 37.4 Å². The van der Waals surface area contributed by atoms with Gasteiger partial charge in [0.2, 0.25) is 11.8 Å². The van der Waals surface area contributed by atoms with Crippen molar-refractivity contribution in [2.24, 2.45) is 7.05 Å². The zero-order valence-electron chi connectivity index (χ0n) is 19.5. The molecule has 2 heterocycles. The van der Waals surface area contributed by atoms with Crippen molar-refractivity contribution in [3.05, 3.63) is 59.7 Å². The van der Waals surface area contributed by atoms with Crippen molar-refractivity contribution in [3.8, 4) is 0 Å². The number of para-hydroxylation sites is 2. The summed E-state index contributed by atoms with van der Waals surface area (Å²) in [7, 11) is 2.01. The molecule has 0 saturated carbocycles. The normalized spacial score (nSPS) is 16.0. The lowest BCUT2D eigenvalue weighted by Gasteiger charge is -2.31. The van der Waals surface area contributed by atoms with Crippen LogP contribution in [-0.4, -0.2) is 41.9 Å². The number of fused-ring (bicyclic) bond motifs is 3. The Morgan fingerprint density at radius 2 is 1.91 bits per heavy atom. The number of aromatic nitrogens is 1. The zero-order valence-corrected chi connectivity index (χ0v) is 20.3. The molecule has 1 unspecified atom stereocenters. The van der Waals surface area contributed by atoms with Gasteiger partial charge >= 0.3 is 0 Å². The Labute approximate surface area is 199 Å². The lowest BCUT2D eigenvalue weighted by molar-refractivity contribution is -0.125. The highest BCUT2D eigenvalue weighted by molar-refractivity contribution is 8.00. The Bertz CT molecular complexity index is 1160. The Morgan fingerprint density at radius 3 is 2.70 bits per heavy atom. The topological polar surface area (TPSA) is 63.6 Å². The van der Waals surface area contributed by atoms with Crippen molar-refractivity contribution in [1.29, 1.82) is 0 Å². The molecule has 2 amide bonds. The van der Waals surface area contributed by atoms with Crippen LogP contribution in [0.3, 0.4) is 0 Å². The minimum Gasteiger partial charge on any atom is -0.382 e. The van der Waals surface area contributed by atoms with E-state index in [1.807, 2.05) is 56.4 Å². The summed E-state index contributed by atoms with van der Waals surface area (Å²) in [5.74, 6) is 0.0603. The highest BCUT2D eigenvalue weighted by Crippen LogP contribution is 2.44. The Balaban J connectivity index is 1.84. The first-order chi connectivity index (χ1) is 16.1. The maximum absolute atomic E-state index is 13.8. The molecule has 2 aromatic carbocycles. The lowest BCUT2D eigenvalue weighted by atomic mass is 10.00. The van der Waals surface area contributed by atoms with Gasteiger partial charge in [-0.25, -0.2) is 0 Å². The van der Waals surface area contributed by atoms with E-state index in [4.69, 9.17) is 4.74 Å². The van der Waals surface area contributed by atoms with E-state index in [1.165, 1.54) is 11.8 Å². The fraction of sp³-hybridized carbons (Fsp3) is 0.385. The number of nitrogens with one attached hydrogen (secondary N) is 1. The third-order valence-electron chi connectivity index (χ3n) is 6.07. The molecular formula is C26H31N3O3S. The summed E-state index contributed by atoms with van der Waals surface area (Å²) in [6.45, 7) is 5.78. The molecule has 0 spiro atoms. The van der Waals surface area contributed by atoms with Crippen molar-refractivity contribution < 1.29 is 14.3 Å². The molecule has 1 aliphatic rings. The number of hydrogen-bond donors (Lipinski definition) is 1. The van der Waals surface area contributed by atoms with Gasteiger partial charge in [0.25, 0.3) is 0 Å². The average molecular weight is 466 g/mol. The number of ether oxygens (including phenoxy) is 1. The van der Waals surface area contributed by atoms with Crippen molar-refractivity contribution in [1.82, 2.24) is 9.88 Å². The van der Waals surface area contributed by atoms with Crippen LogP contribution in [-0.2, 0) is 27.8 Å². The molecule has 1 N–H and O–H groups in total. The van der Waals surface area contributed by atoms with Crippen LogP contribution in [0.15, 0.2) is 53.6 Å². The standard InChI is InChI=1S/C26H31N3O3S/c1-4-18-11-6-8-13-20(18)29-22(30)17-33-26-23(19-12-7-9-14-21(19)28(26)3)24(29)25(31)27-15-10-16-32-5-2/h6-9,11-14,24H,4-5,10,15-17H2,1-3H3,(H,27,31). The Kier molecular flexibility index (Phi) is 7.40. The lowest BCUT2D eigenvalue weighted by Crippen LogP contribution is -2.44. The predicted octanol–water partition coefficient (Wildman–Crippen LogP) is 4.46.